The number of carboxylic acid groups (broad SMARTS) is 1. The Morgan fingerprint density at radius 3 is 2.75 bits per heavy atom. The molecule has 2 aromatic carbocycles. The molecule has 0 radical (unpaired) electrons. The predicted molar refractivity (Wildman–Crippen MR) is 78.4 cm³/mol. The van der Waals surface area contributed by atoms with Crippen molar-refractivity contribution in [3.63, 3.8) is 0 Å². The average Bonchev–Trinajstić information content (AvgIpc) is 2.82. The van der Waals surface area contributed by atoms with Gasteiger partial charge in [-0.25, -0.2) is 0 Å². The molecule has 104 valence electrons. The van der Waals surface area contributed by atoms with Crippen molar-refractivity contribution in [1.82, 2.24) is 4.90 Å². The fourth-order valence-corrected chi connectivity index (χ4v) is 2.90. The van der Waals surface area contributed by atoms with E-state index >= 15 is 0 Å². The third kappa shape index (κ3) is 2.28. The molecule has 3 rings (SSSR count). The van der Waals surface area contributed by atoms with E-state index in [1.54, 1.807) is 0 Å². The number of aliphatic carboxylic acids is 1. The SMILES string of the molecule is NC1(C(=O)O)CCN(Cc2cccc3ccccc23)C1. The Bertz CT molecular complexity index is 650. The number of carboxylic acids is 1. The zero-order valence-corrected chi connectivity index (χ0v) is 11.2. The Morgan fingerprint density at radius 1 is 1.25 bits per heavy atom. The molecule has 1 saturated heterocycles. The number of likely N-dealkylation sites (tertiary alicyclic amines) is 1. The van der Waals surface area contributed by atoms with Gasteiger partial charge in [0.15, 0.2) is 0 Å². The Morgan fingerprint density at radius 2 is 2.00 bits per heavy atom. The molecule has 1 unspecified atom stereocenters. The van der Waals surface area contributed by atoms with E-state index in [0.717, 1.165) is 13.1 Å². The molecule has 0 aliphatic carbocycles. The van der Waals surface area contributed by atoms with Gasteiger partial charge in [0.1, 0.15) is 5.54 Å². The van der Waals surface area contributed by atoms with Gasteiger partial charge in [-0.3, -0.25) is 9.69 Å². The summed E-state index contributed by atoms with van der Waals surface area (Å²) in [6.45, 7) is 1.88. The van der Waals surface area contributed by atoms with Crippen molar-refractivity contribution in [3.8, 4) is 0 Å². The van der Waals surface area contributed by atoms with Crippen molar-refractivity contribution >= 4 is 16.7 Å². The number of fused-ring (bicyclic) bond motifs is 1. The van der Waals surface area contributed by atoms with Crippen LogP contribution in [0.5, 0.6) is 0 Å². The summed E-state index contributed by atoms with van der Waals surface area (Å²) in [6.07, 6.45) is 0.507. The number of rotatable bonds is 3. The van der Waals surface area contributed by atoms with Crippen molar-refractivity contribution in [3.05, 3.63) is 48.0 Å². The quantitative estimate of drug-likeness (QED) is 0.893. The molecule has 4 heteroatoms. The van der Waals surface area contributed by atoms with E-state index in [0.29, 0.717) is 13.0 Å². The van der Waals surface area contributed by atoms with Gasteiger partial charge in [0.05, 0.1) is 0 Å². The van der Waals surface area contributed by atoms with Gasteiger partial charge in [-0.15, -0.1) is 0 Å². The summed E-state index contributed by atoms with van der Waals surface area (Å²) >= 11 is 0. The van der Waals surface area contributed by atoms with Gasteiger partial charge in [0.25, 0.3) is 0 Å². The zero-order valence-electron chi connectivity index (χ0n) is 11.2. The normalized spacial score (nSPS) is 23.2. The van der Waals surface area contributed by atoms with Crippen LogP contribution in [0.4, 0.5) is 0 Å². The van der Waals surface area contributed by atoms with Crippen LogP contribution in [0.25, 0.3) is 10.8 Å². The van der Waals surface area contributed by atoms with Crippen molar-refractivity contribution in [1.29, 1.82) is 0 Å². The first-order chi connectivity index (χ1) is 9.58. The molecule has 20 heavy (non-hydrogen) atoms. The van der Waals surface area contributed by atoms with Crippen LogP contribution in [0.3, 0.4) is 0 Å². The molecule has 0 spiro atoms. The number of hydrogen-bond donors (Lipinski definition) is 2. The number of hydrogen-bond acceptors (Lipinski definition) is 3. The van der Waals surface area contributed by atoms with E-state index in [9.17, 15) is 9.90 Å². The van der Waals surface area contributed by atoms with Crippen LogP contribution in [-0.4, -0.2) is 34.6 Å². The summed E-state index contributed by atoms with van der Waals surface area (Å²) in [5, 5.41) is 11.6. The van der Waals surface area contributed by atoms with E-state index in [1.165, 1.54) is 16.3 Å². The van der Waals surface area contributed by atoms with E-state index in [4.69, 9.17) is 5.73 Å². The molecule has 1 atom stereocenters. The Labute approximate surface area is 117 Å². The topological polar surface area (TPSA) is 66.6 Å². The molecule has 0 aromatic heterocycles. The lowest BCUT2D eigenvalue weighted by Gasteiger charge is -2.20. The first kappa shape index (κ1) is 13.1. The van der Waals surface area contributed by atoms with Gasteiger partial charge in [0.2, 0.25) is 0 Å². The van der Waals surface area contributed by atoms with E-state index in [1.807, 2.05) is 18.2 Å². The van der Waals surface area contributed by atoms with Gasteiger partial charge in [0, 0.05) is 19.6 Å². The molecular formula is C16H18N2O2. The third-order valence-corrected chi connectivity index (χ3v) is 4.08. The first-order valence-corrected chi connectivity index (χ1v) is 6.80. The fourth-order valence-electron chi connectivity index (χ4n) is 2.90. The average molecular weight is 270 g/mol. The fraction of sp³-hybridized carbons (Fsp3) is 0.312. The zero-order chi connectivity index (χ0) is 14.2. The van der Waals surface area contributed by atoms with Gasteiger partial charge >= 0.3 is 5.97 Å². The molecule has 0 amide bonds. The van der Waals surface area contributed by atoms with E-state index in [2.05, 4.69) is 29.2 Å². The molecule has 1 fully saturated rings. The lowest BCUT2D eigenvalue weighted by molar-refractivity contribution is -0.142. The summed E-state index contributed by atoms with van der Waals surface area (Å²) in [4.78, 5) is 13.3. The van der Waals surface area contributed by atoms with Crippen molar-refractivity contribution in [2.75, 3.05) is 13.1 Å². The van der Waals surface area contributed by atoms with Gasteiger partial charge < -0.3 is 10.8 Å². The van der Waals surface area contributed by atoms with Crippen LogP contribution >= 0.6 is 0 Å². The minimum Gasteiger partial charge on any atom is -0.480 e. The Balaban J connectivity index is 1.83. The van der Waals surface area contributed by atoms with Crippen LogP contribution in [-0.2, 0) is 11.3 Å². The lowest BCUT2D eigenvalue weighted by atomic mass is 10.0. The number of nitrogens with zero attached hydrogens (tertiary/aromatic N) is 1. The molecule has 0 bridgehead atoms. The second-order valence-corrected chi connectivity index (χ2v) is 5.56. The van der Waals surface area contributed by atoms with Crippen LogP contribution < -0.4 is 5.73 Å². The molecule has 0 saturated carbocycles. The monoisotopic (exact) mass is 270 g/mol. The maximum absolute atomic E-state index is 11.2. The summed E-state index contributed by atoms with van der Waals surface area (Å²) in [5.41, 5.74) is 6.04. The summed E-state index contributed by atoms with van der Waals surface area (Å²) < 4.78 is 0. The molecular weight excluding hydrogens is 252 g/mol. The molecule has 4 nitrogen and oxygen atoms in total. The second kappa shape index (κ2) is 4.89. The highest BCUT2D eigenvalue weighted by molar-refractivity contribution is 5.85. The van der Waals surface area contributed by atoms with Crippen LogP contribution in [0, 0.1) is 0 Å². The summed E-state index contributed by atoms with van der Waals surface area (Å²) in [5.74, 6) is -0.905. The lowest BCUT2D eigenvalue weighted by Crippen LogP contribution is -2.50. The molecule has 1 heterocycles. The smallest absolute Gasteiger partial charge is 0.325 e. The third-order valence-electron chi connectivity index (χ3n) is 4.08. The van der Waals surface area contributed by atoms with Crippen molar-refractivity contribution in [2.45, 2.75) is 18.5 Å². The summed E-state index contributed by atoms with van der Waals surface area (Å²) in [7, 11) is 0. The molecule has 1 aliphatic rings. The maximum Gasteiger partial charge on any atom is 0.325 e. The first-order valence-electron chi connectivity index (χ1n) is 6.80. The van der Waals surface area contributed by atoms with Crippen LogP contribution in [0.2, 0.25) is 0 Å². The van der Waals surface area contributed by atoms with E-state index in [-0.39, 0.29) is 0 Å². The minimum absolute atomic E-state index is 0.408. The standard InChI is InChI=1S/C16H18N2O2/c17-16(15(19)20)8-9-18(11-16)10-13-6-3-5-12-4-1-2-7-14(12)13/h1-7H,8-11,17H2,(H,19,20). The molecule has 3 N–H and O–H groups in total. The highest BCUT2D eigenvalue weighted by Gasteiger charge is 2.41. The number of carbonyl (C=O) groups is 1. The maximum atomic E-state index is 11.2. The summed E-state index contributed by atoms with van der Waals surface area (Å²) in [6, 6.07) is 14.5. The van der Waals surface area contributed by atoms with Crippen molar-refractivity contribution < 1.29 is 9.90 Å². The minimum atomic E-state index is -1.09. The number of benzene rings is 2. The van der Waals surface area contributed by atoms with Gasteiger partial charge in [-0.1, -0.05) is 42.5 Å². The predicted octanol–water partition coefficient (Wildman–Crippen LogP) is 1.83. The Hall–Kier alpha value is -1.91. The molecule has 2 aromatic rings. The second-order valence-electron chi connectivity index (χ2n) is 5.56. The van der Waals surface area contributed by atoms with Crippen LogP contribution in [0.1, 0.15) is 12.0 Å². The van der Waals surface area contributed by atoms with Gasteiger partial charge in [-0.2, -0.15) is 0 Å². The van der Waals surface area contributed by atoms with Gasteiger partial charge in [-0.05, 0) is 22.8 Å². The highest BCUT2D eigenvalue weighted by atomic mass is 16.4. The largest absolute Gasteiger partial charge is 0.480 e. The van der Waals surface area contributed by atoms with E-state index < -0.39 is 11.5 Å². The highest BCUT2D eigenvalue weighted by Crippen LogP contribution is 2.24. The van der Waals surface area contributed by atoms with Crippen LogP contribution in [0.15, 0.2) is 42.5 Å². The molecule has 1 aliphatic heterocycles. The Kier molecular flexibility index (Phi) is 3.20. The van der Waals surface area contributed by atoms with Crippen molar-refractivity contribution in [2.24, 2.45) is 5.73 Å². The number of nitrogens with two attached hydrogens (primary N) is 1.